The number of hydrogen-bond donors (Lipinski definition) is 1. The fourth-order valence-electron chi connectivity index (χ4n) is 3.67. The maximum absolute atomic E-state index is 13.7. The Balaban J connectivity index is 1.71. The average Bonchev–Trinajstić information content (AvgIpc) is 3.17. The summed E-state index contributed by atoms with van der Waals surface area (Å²) in [5, 5.41) is 3.10. The van der Waals surface area contributed by atoms with Crippen molar-refractivity contribution < 1.29 is 18.0 Å². The zero-order valence-corrected chi connectivity index (χ0v) is 17.6. The SMILES string of the molecule is Cc1ccc(N2CCCC2=O)cc1Nc1nc(=O)c(C)cn1Cc1cc(F)c(F)c(F)c1. The summed E-state index contributed by atoms with van der Waals surface area (Å²) in [5.41, 5.74) is 2.26. The molecule has 1 saturated heterocycles. The van der Waals surface area contributed by atoms with Crippen molar-refractivity contribution in [2.75, 3.05) is 16.8 Å². The van der Waals surface area contributed by atoms with Crippen molar-refractivity contribution in [3.8, 4) is 0 Å². The Hall–Kier alpha value is -3.62. The predicted octanol–water partition coefficient (Wildman–Crippen LogP) is 4.20. The van der Waals surface area contributed by atoms with Crippen LogP contribution in [0.15, 0.2) is 41.3 Å². The first-order valence-corrected chi connectivity index (χ1v) is 10.1. The van der Waals surface area contributed by atoms with Crippen molar-refractivity contribution >= 4 is 23.2 Å². The standard InChI is InChI=1S/C23H21F3N4O2/c1-13-5-6-16(30-7-3-4-20(30)31)10-19(13)27-23-28-22(32)14(2)11-29(23)12-15-8-17(24)21(26)18(25)9-15/h5-6,8-11H,3-4,7,12H2,1-2H3,(H,27,28,32). The minimum Gasteiger partial charge on any atom is -0.325 e. The Morgan fingerprint density at radius 3 is 2.41 bits per heavy atom. The summed E-state index contributed by atoms with van der Waals surface area (Å²) in [6, 6.07) is 7.31. The average molecular weight is 442 g/mol. The van der Waals surface area contributed by atoms with Gasteiger partial charge in [0.25, 0.3) is 5.56 Å². The molecule has 0 unspecified atom stereocenters. The highest BCUT2D eigenvalue weighted by Gasteiger charge is 2.22. The second-order valence-electron chi connectivity index (χ2n) is 7.83. The van der Waals surface area contributed by atoms with E-state index in [4.69, 9.17) is 0 Å². The van der Waals surface area contributed by atoms with Gasteiger partial charge in [-0.3, -0.25) is 9.59 Å². The van der Waals surface area contributed by atoms with E-state index in [1.165, 1.54) is 10.8 Å². The third kappa shape index (κ3) is 4.23. The summed E-state index contributed by atoms with van der Waals surface area (Å²) in [4.78, 5) is 30.1. The lowest BCUT2D eigenvalue weighted by Gasteiger charge is -2.20. The fraction of sp³-hybridized carbons (Fsp3) is 0.261. The van der Waals surface area contributed by atoms with Crippen molar-refractivity contribution in [3.63, 3.8) is 0 Å². The van der Waals surface area contributed by atoms with E-state index in [0.29, 0.717) is 24.2 Å². The van der Waals surface area contributed by atoms with Gasteiger partial charge in [-0.2, -0.15) is 4.98 Å². The minimum atomic E-state index is -1.54. The van der Waals surface area contributed by atoms with Crippen LogP contribution in [0.3, 0.4) is 0 Å². The molecule has 0 bridgehead atoms. The van der Waals surface area contributed by atoms with Crippen LogP contribution < -0.4 is 15.8 Å². The van der Waals surface area contributed by atoms with E-state index >= 15 is 0 Å². The summed E-state index contributed by atoms with van der Waals surface area (Å²) in [7, 11) is 0. The Labute approximate surface area is 182 Å². The number of amides is 1. The molecule has 0 atom stereocenters. The van der Waals surface area contributed by atoms with Gasteiger partial charge in [-0.15, -0.1) is 0 Å². The highest BCUT2D eigenvalue weighted by Crippen LogP contribution is 2.28. The second kappa shape index (κ2) is 8.49. The number of aryl methyl sites for hydroxylation is 2. The first-order chi connectivity index (χ1) is 15.2. The Morgan fingerprint density at radius 2 is 1.75 bits per heavy atom. The quantitative estimate of drug-likeness (QED) is 0.602. The number of halogens is 3. The van der Waals surface area contributed by atoms with Crippen molar-refractivity contribution in [2.45, 2.75) is 33.2 Å². The number of carbonyl (C=O) groups excluding carboxylic acids is 1. The van der Waals surface area contributed by atoms with E-state index in [9.17, 15) is 22.8 Å². The van der Waals surface area contributed by atoms with E-state index in [1.54, 1.807) is 17.9 Å². The van der Waals surface area contributed by atoms with E-state index in [0.717, 1.165) is 29.8 Å². The molecule has 1 amide bonds. The molecular weight excluding hydrogens is 421 g/mol. The van der Waals surface area contributed by atoms with Gasteiger partial charge in [-0.1, -0.05) is 6.07 Å². The molecule has 32 heavy (non-hydrogen) atoms. The van der Waals surface area contributed by atoms with Gasteiger partial charge in [0.1, 0.15) is 0 Å². The molecule has 1 N–H and O–H groups in total. The summed E-state index contributed by atoms with van der Waals surface area (Å²) < 4.78 is 42.2. The van der Waals surface area contributed by atoms with Crippen molar-refractivity contribution in [1.29, 1.82) is 0 Å². The molecular formula is C23H21F3N4O2. The first-order valence-electron chi connectivity index (χ1n) is 10.1. The van der Waals surface area contributed by atoms with Crippen LogP contribution in [0.1, 0.15) is 29.5 Å². The molecule has 6 nitrogen and oxygen atoms in total. The summed E-state index contributed by atoms with van der Waals surface area (Å²) in [6.07, 6.45) is 2.81. The molecule has 0 radical (unpaired) electrons. The van der Waals surface area contributed by atoms with Crippen LogP contribution >= 0.6 is 0 Å². The van der Waals surface area contributed by atoms with Crippen LogP contribution in [0, 0.1) is 31.3 Å². The molecule has 2 heterocycles. The lowest BCUT2D eigenvalue weighted by Crippen LogP contribution is -2.24. The molecule has 1 aliphatic heterocycles. The highest BCUT2D eigenvalue weighted by molar-refractivity contribution is 5.96. The van der Waals surface area contributed by atoms with Crippen LogP contribution in [0.2, 0.25) is 0 Å². The van der Waals surface area contributed by atoms with Gasteiger partial charge in [0.2, 0.25) is 11.9 Å². The zero-order valence-electron chi connectivity index (χ0n) is 17.6. The fourth-order valence-corrected chi connectivity index (χ4v) is 3.67. The van der Waals surface area contributed by atoms with Crippen LogP contribution in [0.25, 0.3) is 0 Å². The summed E-state index contributed by atoms with van der Waals surface area (Å²) in [6.45, 7) is 4.02. The third-order valence-corrected chi connectivity index (χ3v) is 5.42. The summed E-state index contributed by atoms with van der Waals surface area (Å²) >= 11 is 0. The minimum absolute atomic E-state index is 0.0468. The normalized spacial score (nSPS) is 13.7. The van der Waals surface area contributed by atoms with Crippen molar-refractivity contribution in [2.24, 2.45) is 0 Å². The molecule has 0 spiro atoms. The van der Waals surface area contributed by atoms with E-state index in [2.05, 4.69) is 10.3 Å². The first kappa shape index (κ1) is 21.6. The number of rotatable bonds is 5. The van der Waals surface area contributed by atoms with Gasteiger partial charge in [0, 0.05) is 36.1 Å². The molecule has 166 valence electrons. The molecule has 1 aliphatic rings. The molecule has 0 aliphatic carbocycles. The molecule has 2 aromatic carbocycles. The number of nitrogens with one attached hydrogen (secondary N) is 1. The van der Waals surface area contributed by atoms with Gasteiger partial charge < -0.3 is 14.8 Å². The zero-order chi connectivity index (χ0) is 23.0. The largest absolute Gasteiger partial charge is 0.325 e. The Kier molecular flexibility index (Phi) is 5.73. The smallest absolute Gasteiger partial charge is 0.277 e. The molecule has 0 saturated carbocycles. The van der Waals surface area contributed by atoms with Crippen LogP contribution in [0.4, 0.5) is 30.5 Å². The summed E-state index contributed by atoms with van der Waals surface area (Å²) in [5.74, 6) is -3.92. The van der Waals surface area contributed by atoms with Gasteiger partial charge in [-0.05, 0) is 55.7 Å². The molecule has 1 fully saturated rings. The molecule has 4 rings (SSSR count). The van der Waals surface area contributed by atoms with Gasteiger partial charge in [0.15, 0.2) is 17.5 Å². The van der Waals surface area contributed by atoms with Gasteiger partial charge in [-0.25, -0.2) is 13.2 Å². The number of hydrogen-bond acceptors (Lipinski definition) is 4. The van der Waals surface area contributed by atoms with Gasteiger partial charge in [0.05, 0.1) is 6.54 Å². The monoisotopic (exact) mass is 442 g/mol. The van der Waals surface area contributed by atoms with Crippen LogP contribution in [-0.4, -0.2) is 22.0 Å². The Morgan fingerprint density at radius 1 is 1.03 bits per heavy atom. The maximum Gasteiger partial charge on any atom is 0.277 e. The van der Waals surface area contributed by atoms with Crippen molar-refractivity contribution in [1.82, 2.24) is 9.55 Å². The number of nitrogens with zero attached hydrogens (tertiary/aromatic N) is 3. The second-order valence-corrected chi connectivity index (χ2v) is 7.83. The number of aromatic nitrogens is 2. The van der Waals surface area contributed by atoms with E-state index in [-0.39, 0.29) is 24.0 Å². The topological polar surface area (TPSA) is 67.2 Å². The number of benzene rings is 2. The lowest BCUT2D eigenvalue weighted by atomic mass is 10.1. The number of carbonyl (C=O) groups is 1. The maximum atomic E-state index is 13.7. The Bertz CT molecular complexity index is 1250. The molecule has 3 aromatic rings. The molecule has 1 aromatic heterocycles. The molecule has 9 heteroatoms. The number of anilines is 3. The van der Waals surface area contributed by atoms with E-state index < -0.39 is 23.0 Å². The highest BCUT2D eigenvalue weighted by atomic mass is 19.2. The van der Waals surface area contributed by atoms with Gasteiger partial charge >= 0.3 is 0 Å². The van der Waals surface area contributed by atoms with Crippen molar-refractivity contribution in [3.05, 3.63) is 81.0 Å². The lowest BCUT2D eigenvalue weighted by molar-refractivity contribution is -0.117. The van der Waals surface area contributed by atoms with E-state index in [1.807, 2.05) is 19.1 Å². The van der Waals surface area contributed by atoms with Crippen LogP contribution in [-0.2, 0) is 11.3 Å². The third-order valence-electron chi connectivity index (χ3n) is 5.42. The van der Waals surface area contributed by atoms with Crippen LogP contribution in [0.5, 0.6) is 0 Å². The predicted molar refractivity (Wildman–Crippen MR) is 115 cm³/mol.